The fourth-order valence-corrected chi connectivity index (χ4v) is 2.73. The van der Waals surface area contributed by atoms with E-state index in [-0.39, 0.29) is 29.8 Å². The van der Waals surface area contributed by atoms with Gasteiger partial charge in [-0.05, 0) is 25.2 Å². The summed E-state index contributed by atoms with van der Waals surface area (Å²) in [5.41, 5.74) is 0. The number of hydrogen-bond donors (Lipinski definition) is 1. The Kier molecular flexibility index (Phi) is 3.28. The largest absolute Gasteiger partial charge is 0.393 e. The van der Waals surface area contributed by atoms with Crippen LogP contribution >= 0.6 is 0 Å². The highest BCUT2D eigenvalue weighted by Gasteiger charge is 2.36. The first-order valence-corrected chi connectivity index (χ1v) is 6.12. The summed E-state index contributed by atoms with van der Waals surface area (Å²) in [7, 11) is 0. The second-order valence-electron chi connectivity index (χ2n) is 5.04. The van der Waals surface area contributed by atoms with Crippen LogP contribution in [0.15, 0.2) is 0 Å². The number of imide groups is 1. The number of aliphatic hydroxyl groups is 1. The molecular weight excluding hydrogens is 206 g/mol. The van der Waals surface area contributed by atoms with Crippen LogP contribution in [-0.4, -0.2) is 34.5 Å². The monoisotopic (exact) mass is 225 g/mol. The Bertz CT molecular complexity index is 303. The van der Waals surface area contributed by atoms with Crippen LogP contribution in [0, 0.1) is 11.8 Å². The molecule has 2 fully saturated rings. The molecule has 1 saturated carbocycles. The van der Waals surface area contributed by atoms with Crippen LogP contribution in [0.3, 0.4) is 0 Å². The van der Waals surface area contributed by atoms with E-state index in [1.807, 2.05) is 0 Å². The summed E-state index contributed by atoms with van der Waals surface area (Å²) < 4.78 is 0. The first-order valence-electron chi connectivity index (χ1n) is 6.12. The highest BCUT2D eigenvalue weighted by Crippen LogP contribution is 2.29. The third kappa shape index (κ3) is 2.12. The molecular formula is C12H19NO3. The minimum Gasteiger partial charge on any atom is -0.393 e. The summed E-state index contributed by atoms with van der Waals surface area (Å²) in [4.78, 5) is 24.5. The molecule has 2 aliphatic rings. The summed E-state index contributed by atoms with van der Waals surface area (Å²) in [5, 5.41) is 9.66. The number of hydrogen-bond acceptors (Lipinski definition) is 3. The van der Waals surface area contributed by atoms with E-state index in [1.54, 1.807) is 6.92 Å². The molecule has 90 valence electrons. The van der Waals surface area contributed by atoms with Crippen molar-refractivity contribution in [1.29, 1.82) is 0 Å². The Hall–Kier alpha value is -0.900. The number of carbonyl (C=O) groups excluding carboxylic acids is 2. The van der Waals surface area contributed by atoms with Gasteiger partial charge in [0, 0.05) is 18.9 Å². The van der Waals surface area contributed by atoms with Crippen molar-refractivity contribution in [3.8, 4) is 0 Å². The summed E-state index contributed by atoms with van der Waals surface area (Å²) in [6, 6.07) is 0. The minimum atomic E-state index is -0.231. The van der Waals surface area contributed by atoms with Gasteiger partial charge in [0.2, 0.25) is 11.8 Å². The van der Waals surface area contributed by atoms with E-state index in [2.05, 4.69) is 0 Å². The Morgan fingerprint density at radius 1 is 1.38 bits per heavy atom. The van der Waals surface area contributed by atoms with Crippen LogP contribution in [0.5, 0.6) is 0 Å². The van der Waals surface area contributed by atoms with Crippen molar-refractivity contribution in [2.45, 2.75) is 45.1 Å². The fraction of sp³-hybridized carbons (Fsp3) is 0.833. The topological polar surface area (TPSA) is 57.6 Å². The van der Waals surface area contributed by atoms with Crippen LogP contribution in [0.25, 0.3) is 0 Å². The highest BCUT2D eigenvalue weighted by atomic mass is 16.3. The molecule has 1 N–H and O–H groups in total. The van der Waals surface area contributed by atoms with E-state index in [1.165, 1.54) is 4.90 Å². The van der Waals surface area contributed by atoms with E-state index < -0.39 is 0 Å². The van der Waals surface area contributed by atoms with Gasteiger partial charge in [0.1, 0.15) is 0 Å². The lowest BCUT2D eigenvalue weighted by atomic mass is 10.0. The molecule has 3 atom stereocenters. The van der Waals surface area contributed by atoms with Gasteiger partial charge < -0.3 is 5.11 Å². The second kappa shape index (κ2) is 4.53. The zero-order chi connectivity index (χ0) is 11.7. The molecule has 0 aromatic heterocycles. The number of amides is 2. The van der Waals surface area contributed by atoms with Crippen LogP contribution in [-0.2, 0) is 9.59 Å². The van der Waals surface area contributed by atoms with Crippen molar-refractivity contribution < 1.29 is 14.7 Å². The van der Waals surface area contributed by atoms with Crippen molar-refractivity contribution in [3.63, 3.8) is 0 Å². The van der Waals surface area contributed by atoms with E-state index in [4.69, 9.17) is 0 Å². The van der Waals surface area contributed by atoms with Gasteiger partial charge in [0.25, 0.3) is 0 Å². The average Bonchev–Trinajstić information content (AvgIpc) is 2.72. The lowest BCUT2D eigenvalue weighted by molar-refractivity contribution is -0.139. The van der Waals surface area contributed by atoms with Crippen LogP contribution in [0.1, 0.15) is 39.0 Å². The van der Waals surface area contributed by atoms with E-state index in [0.29, 0.717) is 13.0 Å². The van der Waals surface area contributed by atoms with Crippen molar-refractivity contribution in [2.24, 2.45) is 11.8 Å². The highest BCUT2D eigenvalue weighted by molar-refractivity contribution is 6.03. The van der Waals surface area contributed by atoms with Crippen molar-refractivity contribution in [2.75, 3.05) is 6.54 Å². The standard InChI is InChI=1S/C12H19NO3/c1-8-7-11(15)13(12(8)16)6-5-9-3-2-4-10(9)14/h8-10,14H,2-7H2,1H3. The minimum absolute atomic E-state index is 0.0440. The van der Waals surface area contributed by atoms with Crippen molar-refractivity contribution >= 4 is 11.8 Å². The van der Waals surface area contributed by atoms with E-state index in [9.17, 15) is 14.7 Å². The second-order valence-corrected chi connectivity index (χ2v) is 5.04. The molecule has 1 aliphatic carbocycles. The number of rotatable bonds is 3. The van der Waals surface area contributed by atoms with Gasteiger partial charge in [-0.1, -0.05) is 13.3 Å². The molecule has 3 unspecified atom stereocenters. The Labute approximate surface area is 95.6 Å². The maximum Gasteiger partial charge on any atom is 0.232 e. The average molecular weight is 225 g/mol. The van der Waals surface area contributed by atoms with Crippen LogP contribution in [0.4, 0.5) is 0 Å². The normalized spacial score (nSPS) is 35.1. The molecule has 2 amide bonds. The summed E-state index contributed by atoms with van der Waals surface area (Å²) >= 11 is 0. The summed E-state index contributed by atoms with van der Waals surface area (Å²) in [5.74, 6) is 0.0278. The number of nitrogens with zero attached hydrogens (tertiary/aromatic N) is 1. The molecule has 16 heavy (non-hydrogen) atoms. The zero-order valence-corrected chi connectivity index (χ0v) is 9.69. The SMILES string of the molecule is CC1CC(=O)N(CCC2CCCC2O)C1=O. The van der Waals surface area contributed by atoms with Gasteiger partial charge in [-0.15, -0.1) is 0 Å². The summed E-state index contributed by atoms with van der Waals surface area (Å²) in [6.07, 6.45) is 3.82. The first-order chi connectivity index (χ1) is 7.59. The van der Waals surface area contributed by atoms with Crippen molar-refractivity contribution in [3.05, 3.63) is 0 Å². The van der Waals surface area contributed by atoms with Gasteiger partial charge in [-0.3, -0.25) is 14.5 Å². The third-order valence-corrected chi connectivity index (χ3v) is 3.81. The summed E-state index contributed by atoms with van der Waals surface area (Å²) in [6.45, 7) is 2.29. The molecule has 0 spiro atoms. The lowest BCUT2D eigenvalue weighted by Gasteiger charge is -2.19. The zero-order valence-electron chi connectivity index (χ0n) is 9.69. The molecule has 4 nitrogen and oxygen atoms in total. The predicted molar refractivity (Wildman–Crippen MR) is 58.5 cm³/mol. The van der Waals surface area contributed by atoms with E-state index in [0.717, 1.165) is 25.7 Å². The maximum absolute atomic E-state index is 11.6. The molecule has 0 radical (unpaired) electrons. The molecule has 0 aromatic carbocycles. The lowest BCUT2D eigenvalue weighted by Crippen LogP contribution is -2.33. The van der Waals surface area contributed by atoms with Crippen LogP contribution < -0.4 is 0 Å². The molecule has 0 aromatic rings. The van der Waals surface area contributed by atoms with Gasteiger partial charge >= 0.3 is 0 Å². The number of carbonyl (C=O) groups is 2. The predicted octanol–water partition coefficient (Wildman–Crippen LogP) is 0.932. The Morgan fingerprint density at radius 2 is 2.12 bits per heavy atom. The van der Waals surface area contributed by atoms with E-state index >= 15 is 0 Å². The smallest absolute Gasteiger partial charge is 0.232 e. The number of likely N-dealkylation sites (tertiary alicyclic amines) is 1. The molecule has 0 bridgehead atoms. The third-order valence-electron chi connectivity index (χ3n) is 3.81. The molecule has 1 saturated heterocycles. The Morgan fingerprint density at radius 3 is 2.62 bits per heavy atom. The first kappa shape index (κ1) is 11.6. The molecule has 2 rings (SSSR count). The molecule has 1 aliphatic heterocycles. The van der Waals surface area contributed by atoms with Crippen LogP contribution in [0.2, 0.25) is 0 Å². The molecule has 1 heterocycles. The number of aliphatic hydroxyl groups excluding tert-OH is 1. The molecule has 4 heteroatoms. The fourth-order valence-electron chi connectivity index (χ4n) is 2.73. The van der Waals surface area contributed by atoms with Gasteiger partial charge in [0.15, 0.2) is 0 Å². The quantitative estimate of drug-likeness (QED) is 0.727. The van der Waals surface area contributed by atoms with Gasteiger partial charge in [-0.25, -0.2) is 0 Å². The maximum atomic E-state index is 11.6. The van der Waals surface area contributed by atoms with Gasteiger partial charge in [-0.2, -0.15) is 0 Å². The van der Waals surface area contributed by atoms with Gasteiger partial charge in [0.05, 0.1) is 6.10 Å². The van der Waals surface area contributed by atoms with Crippen molar-refractivity contribution in [1.82, 2.24) is 4.90 Å². The Balaban J connectivity index is 1.86.